The molecule has 1 atom stereocenters. The summed E-state index contributed by atoms with van der Waals surface area (Å²) in [6.07, 6.45) is 4.59. The number of rotatable bonds is 4. The van der Waals surface area contributed by atoms with Gasteiger partial charge in [-0.05, 0) is 38.4 Å². The van der Waals surface area contributed by atoms with E-state index in [0.717, 1.165) is 13.0 Å². The van der Waals surface area contributed by atoms with E-state index in [1.807, 2.05) is 12.1 Å². The van der Waals surface area contributed by atoms with Crippen molar-refractivity contribution in [3.8, 4) is 0 Å². The largest absolute Gasteiger partial charge is 0.330 e. The predicted molar refractivity (Wildman–Crippen MR) is 73.1 cm³/mol. The van der Waals surface area contributed by atoms with Crippen LogP contribution in [0.3, 0.4) is 0 Å². The van der Waals surface area contributed by atoms with Crippen LogP contribution in [0.1, 0.15) is 31.2 Å². The van der Waals surface area contributed by atoms with E-state index in [9.17, 15) is 4.39 Å². The maximum Gasteiger partial charge on any atom is 0.146 e. The smallest absolute Gasteiger partial charge is 0.146 e. The Morgan fingerprint density at radius 3 is 3.00 bits per heavy atom. The van der Waals surface area contributed by atoms with Gasteiger partial charge in [0.25, 0.3) is 0 Å². The molecule has 18 heavy (non-hydrogen) atoms. The van der Waals surface area contributed by atoms with Crippen LogP contribution in [0.25, 0.3) is 0 Å². The number of hydrogen-bond acceptors (Lipinski definition) is 2. The number of nitrogens with two attached hydrogens (primary N) is 1. The fraction of sp³-hybridized carbons (Fsp3) is 0.571. The average molecular weight is 271 g/mol. The maximum absolute atomic E-state index is 13.9. The van der Waals surface area contributed by atoms with Crippen molar-refractivity contribution in [1.29, 1.82) is 0 Å². The molecule has 0 aliphatic carbocycles. The lowest BCUT2D eigenvalue weighted by atomic mass is 9.98. The molecule has 0 amide bonds. The topological polar surface area (TPSA) is 29.3 Å². The van der Waals surface area contributed by atoms with Crippen molar-refractivity contribution in [2.24, 2.45) is 5.73 Å². The number of benzene rings is 1. The van der Waals surface area contributed by atoms with Crippen LogP contribution in [0.5, 0.6) is 0 Å². The van der Waals surface area contributed by atoms with Gasteiger partial charge >= 0.3 is 0 Å². The average Bonchev–Trinajstić information content (AvgIpc) is 2.37. The Morgan fingerprint density at radius 2 is 2.22 bits per heavy atom. The molecule has 4 heteroatoms. The SMILES string of the molecule is NCCC1CCCCN1Cc1cccc(Cl)c1F. The molecule has 1 aliphatic rings. The highest BCUT2D eigenvalue weighted by Gasteiger charge is 2.22. The van der Waals surface area contributed by atoms with Gasteiger partial charge in [-0.25, -0.2) is 4.39 Å². The molecule has 1 unspecified atom stereocenters. The molecule has 1 aliphatic heterocycles. The van der Waals surface area contributed by atoms with Crippen molar-refractivity contribution in [2.75, 3.05) is 13.1 Å². The molecule has 0 saturated carbocycles. The molecule has 2 nitrogen and oxygen atoms in total. The Morgan fingerprint density at radius 1 is 1.39 bits per heavy atom. The van der Waals surface area contributed by atoms with Crippen LogP contribution in [-0.4, -0.2) is 24.0 Å². The minimum atomic E-state index is -0.281. The lowest BCUT2D eigenvalue weighted by Gasteiger charge is -2.35. The van der Waals surface area contributed by atoms with Gasteiger partial charge in [0.1, 0.15) is 5.82 Å². The van der Waals surface area contributed by atoms with Crippen molar-refractivity contribution in [3.05, 3.63) is 34.6 Å². The molecule has 2 rings (SSSR count). The van der Waals surface area contributed by atoms with Gasteiger partial charge in [-0.2, -0.15) is 0 Å². The highest BCUT2D eigenvalue weighted by Crippen LogP contribution is 2.24. The van der Waals surface area contributed by atoms with Gasteiger partial charge in [0.2, 0.25) is 0 Å². The Hall–Kier alpha value is -0.640. The first-order valence-corrected chi connectivity index (χ1v) is 6.97. The Bertz CT molecular complexity index is 395. The molecule has 0 aromatic heterocycles. The fourth-order valence-corrected chi connectivity index (χ4v) is 2.87. The van der Waals surface area contributed by atoms with Crippen LogP contribution in [-0.2, 0) is 6.54 Å². The fourth-order valence-electron chi connectivity index (χ4n) is 2.68. The van der Waals surface area contributed by atoms with Crippen molar-refractivity contribution < 1.29 is 4.39 Å². The third-order valence-electron chi connectivity index (χ3n) is 3.65. The Balaban J connectivity index is 2.08. The normalized spacial score (nSPS) is 21.2. The standard InChI is InChI=1S/C14H20ClFN2/c15-13-6-3-4-11(14(13)16)10-18-9-2-1-5-12(18)7-8-17/h3-4,6,12H,1-2,5,7-10,17H2. The van der Waals surface area contributed by atoms with Gasteiger partial charge in [0.05, 0.1) is 5.02 Å². The summed E-state index contributed by atoms with van der Waals surface area (Å²) in [6, 6.07) is 5.70. The van der Waals surface area contributed by atoms with Crippen molar-refractivity contribution in [3.63, 3.8) is 0 Å². The molecular formula is C14H20ClFN2. The van der Waals surface area contributed by atoms with E-state index in [0.29, 0.717) is 24.7 Å². The molecule has 2 N–H and O–H groups in total. The second-order valence-corrected chi connectivity index (χ2v) is 5.32. The number of halogens is 2. The van der Waals surface area contributed by atoms with Gasteiger partial charge in [-0.3, -0.25) is 4.90 Å². The van der Waals surface area contributed by atoms with Crippen molar-refractivity contribution in [2.45, 2.75) is 38.3 Å². The molecule has 0 radical (unpaired) electrons. The number of piperidine rings is 1. The predicted octanol–water partition coefficient (Wildman–Crippen LogP) is 3.18. The lowest BCUT2D eigenvalue weighted by molar-refractivity contribution is 0.132. The van der Waals surface area contributed by atoms with Crippen LogP contribution < -0.4 is 5.73 Å². The summed E-state index contributed by atoms with van der Waals surface area (Å²) in [5.74, 6) is -0.281. The van der Waals surface area contributed by atoms with E-state index in [-0.39, 0.29) is 10.8 Å². The zero-order valence-corrected chi connectivity index (χ0v) is 11.3. The van der Waals surface area contributed by atoms with Crippen LogP contribution >= 0.6 is 11.6 Å². The molecule has 0 spiro atoms. The Kier molecular flexibility index (Phi) is 4.98. The molecule has 1 saturated heterocycles. The zero-order chi connectivity index (χ0) is 13.0. The quantitative estimate of drug-likeness (QED) is 0.911. The monoisotopic (exact) mass is 270 g/mol. The van der Waals surface area contributed by atoms with E-state index in [4.69, 9.17) is 17.3 Å². The summed E-state index contributed by atoms with van der Waals surface area (Å²) in [6.45, 7) is 2.35. The summed E-state index contributed by atoms with van der Waals surface area (Å²) >= 11 is 5.82. The van der Waals surface area contributed by atoms with E-state index < -0.39 is 0 Å². The van der Waals surface area contributed by atoms with E-state index in [1.54, 1.807) is 6.07 Å². The molecular weight excluding hydrogens is 251 g/mol. The van der Waals surface area contributed by atoms with Gasteiger partial charge in [0, 0.05) is 18.2 Å². The van der Waals surface area contributed by atoms with Gasteiger partial charge in [0.15, 0.2) is 0 Å². The minimum Gasteiger partial charge on any atom is -0.330 e. The molecule has 1 fully saturated rings. The lowest BCUT2D eigenvalue weighted by Crippen LogP contribution is -2.40. The summed E-state index contributed by atoms with van der Waals surface area (Å²) in [5.41, 5.74) is 6.33. The molecule has 1 heterocycles. The molecule has 0 bridgehead atoms. The van der Waals surface area contributed by atoms with Gasteiger partial charge in [-0.1, -0.05) is 30.2 Å². The summed E-state index contributed by atoms with van der Waals surface area (Å²) in [7, 11) is 0. The van der Waals surface area contributed by atoms with E-state index >= 15 is 0 Å². The first kappa shape index (κ1) is 13.8. The first-order valence-electron chi connectivity index (χ1n) is 6.59. The third-order valence-corrected chi connectivity index (χ3v) is 3.95. The van der Waals surface area contributed by atoms with Crippen LogP contribution in [0, 0.1) is 5.82 Å². The molecule has 1 aromatic rings. The van der Waals surface area contributed by atoms with E-state index in [1.165, 1.54) is 19.3 Å². The second-order valence-electron chi connectivity index (χ2n) is 4.91. The van der Waals surface area contributed by atoms with Gasteiger partial charge in [-0.15, -0.1) is 0 Å². The van der Waals surface area contributed by atoms with Crippen LogP contribution in [0.4, 0.5) is 4.39 Å². The van der Waals surface area contributed by atoms with Crippen molar-refractivity contribution >= 4 is 11.6 Å². The van der Waals surface area contributed by atoms with Crippen LogP contribution in [0.15, 0.2) is 18.2 Å². The summed E-state index contributed by atoms with van der Waals surface area (Å²) in [5, 5.41) is 0.208. The Labute approximate surface area is 113 Å². The summed E-state index contributed by atoms with van der Waals surface area (Å²) in [4.78, 5) is 2.34. The van der Waals surface area contributed by atoms with E-state index in [2.05, 4.69) is 4.90 Å². The number of hydrogen-bond donors (Lipinski definition) is 1. The molecule has 1 aromatic carbocycles. The van der Waals surface area contributed by atoms with Gasteiger partial charge < -0.3 is 5.73 Å². The molecule has 100 valence electrons. The number of likely N-dealkylation sites (tertiary alicyclic amines) is 1. The third kappa shape index (κ3) is 3.22. The second kappa shape index (κ2) is 6.50. The highest BCUT2D eigenvalue weighted by atomic mass is 35.5. The first-order chi connectivity index (χ1) is 8.72. The highest BCUT2D eigenvalue weighted by molar-refractivity contribution is 6.30. The number of nitrogens with zero attached hydrogens (tertiary/aromatic N) is 1. The van der Waals surface area contributed by atoms with Crippen molar-refractivity contribution in [1.82, 2.24) is 4.90 Å². The maximum atomic E-state index is 13.9. The van der Waals surface area contributed by atoms with Crippen LogP contribution in [0.2, 0.25) is 5.02 Å². The summed E-state index contributed by atoms with van der Waals surface area (Å²) < 4.78 is 13.9. The minimum absolute atomic E-state index is 0.208. The zero-order valence-electron chi connectivity index (χ0n) is 10.5.